The van der Waals surface area contributed by atoms with E-state index in [0.29, 0.717) is 13.0 Å². The van der Waals surface area contributed by atoms with E-state index in [1.807, 2.05) is 41.5 Å². The number of amides is 1. The Balaban J connectivity index is 3.29. The highest BCUT2D eigenvalue weighted by Crippen LogP contribution is 2.41. The number of hydrogen-bond donors (Lipinski definition) is 0. The number of carbonyl (C=O) groups excluding carboxylic acids is 2. The Morgan fingerprint density at radius 2 is 1.79 bits per heavy atom. The third-order valence-electron chi connectivity index (χ3n) is 5.75. The van der Waals surface area contributed by atoms with Gasteiger partial charge in [0.2, 0.25) is 0 Å². The van der Waals surface area contributed by atoms with Gasteiger partial charge in [0, 0.05) is 6.42 Å². The van der Waals surface area contributed by atoms with Crippen molar-refractivity contribution in [2.45, 2.75) is 110 Å². The van der Waals surface area contributed by atoms with Crippen molar-refractivity contribution in [3.8, 4) is 0 Å². The van der Waals surface area contributed by atoms with Crippen LogP contribution in [-0.2, 0) is 18.7 Å². The maximum absolute atomic E-state index is 13.0. The van der Waals surface area contributed by atoms with Crippen molar-refractivity contribution < 1.29 is 23.5 Å². The fourth-order valence-electron chi connectivity index (χ4n) is 3.12. The molecule has 0 aliphatic carbocycles. The average Bonchev–Trinajstić information content (AvgIpc) is 2.77. The van der Waals surface area contributed by atoms with E-state index in [1.54, 1.807) is 4.90 Å². The Kier molecular flexibility index (Phi) is 7.57. The molecule has 28 heavy (non-hydrogen) atoms. The highest BCUT2D eigenvalue weighted by Gasteiger charge is 2.52. The van der Waals surface area contributed by atoms with E-state index < -0.39 is 25.7 Å². The van der Waals surface area contributed by atoms with Crippen molar-refractivity contribution in [3.05, 3.63) is 0 Å². The number of ether oxygens (including phenoxy) is 2. The third kappa shape index (κ3) is 6.04. The van der Waals surface area contributed by atoms with Gasteiger partial charge in [0.1, 0.15) is 17.6 Å². The molecule has 1 amide bonds. The molecular weight excluding hydrogens is 374 g/mol. The highest BCUT2D eigenvalue weighted by atomic mass is 28.4. The summed E-state index contributed by atoms with van der Waals surface area (Å²) in [5.74, 6) is -0.0425. The number of aldehydes is 1. The summed E-state index contributed by atoms with van der Waals surface area (Å²) < 4.78 is 18.4. The fourth-order valence-corrected chi connectivity index (χ4v) is 4.54. The van der Waals surface area contributed by atoms with Crippen LogP contribution in [0.15, 0.2) is 0 Å². The molecule has 6 nitrogen and oxygen atoms in total. The van der Waals surface area contributed by atoms with E-state index in [0.717, 1.165) is 6.29 Å². The summed E-state index contributed by atoms with van der Waals surface area (Å²) >= 11 is 0. The van der Waals surface area contributed by atoms with Crippen molar-refractivity contribution in [2.75, 3.05) is 6.61 Å². The minimum atomic E-state index is -2.14. The van der Waals surface area contributed by atoms with Gasteiger partial charge in [-0.3, -0.25) is 4.90 Å². The maximum atomic E-state index is 13.0. The number of rotatable bonds is 6. The van der Waals surface area contributed by atoms with Crippen LogP contribution in [0.5, 0.6) is 0 Å². The van der Waals surface area contributed by atoms with Crippen LogP contribution in [0, 0.1) is 5.92 Å². The monoisotopic (exact) mass is 415 g/mol. The molecule has 1 aliphatic heterocycles. The second kappa shape index (κ2) is 8.44. The molecule has 3 atom stereocenters. The molecule has 0 aromatic carbocycles. The first-order chi connectivity index (χ1) is 12.4. The lowest BCUT2D eigenvalue weighted by atomic mass is 9.95. The lowest BCUT2D eigenvalue weighted by molar-refractivity contribution is -0.109. The van der Waals surface area contributed by atoms with Crippen LogP contribution in [0.25, 0.3) is 0 Å². The summed E-state index contributed by atoms with van der Waals surface area (Å²) in [6, 6.07) is -0.311. The van der Waals surface area contributed by atoms with Crippen molar-refractivity contribution >= 4 is 20.7 Å². The molecule has 0 N–H and O–H groups in total. The van der Waals surface area contributed by atoms with Gasteiger partial charge in [-0.15, -0.1) is 0 Å². The van der Waals surface area contributed by atoms with Crippen LogP contribution < -0.4 is 0 Å². The summed E-state index contributed by atoms with van der Waals surface area (Å²) in [5, 5.41) is 0.0118. The average molecular weight is 416 g/mol. The predicted octanol–water partition coefficient (Wildman–Crippen LogP) is 4.97. The van der Waals surface area contributed by atoms with Gasteiger partial charge in [-0.05, 0) is 58.7 Å². The Morgan fingerprint density at radius 1 is 1.25 bits per heavy atom. The molecular formula is C21H41NO5Si. The minimum Gasteiger partial charge on any atom is -0.444 e. The number of carbonyl (C=O) groups is 2. The Morgan fingerprint density at radius 3 is 2.21 bits per heavy atom. The quantitative estimate of drug-likeness (QED) is 0.452. The largest absolute Gasteiger partial charge is 0.444 e. The number of nitrogens with zero attached hydrogens (tertiary/aromatic N) is 1. The Hall–Kier alpha value is -0.923. The molecule has 0 unspecified atom stereocenters. The van der Waals surface area contributed by atoms with Gasteiger partial charge >= 0.3 is 6.09 Å². The lowest BCUT2D eigenvalue weighted by Gasteiger charge is -2.45. The van der Waals surface area contributed by atoms with E-state index in [-0.39, 0.29) is 23.1 Å². The molecule has 1 heterocycles. The van der Waals surface area contributed by atoms with Gasteiger partial charge in [-0.25, -0.2) is 4.79 Å². The predicted molar refractivity (Wildman–Crippen MR) is 114 cm³/mol. The molecule has 0 saturated carbocycles. The Labute approximate surface area is 172 Å². The molecule has 164 valence electrons. The van der Waals surface area contributed by atoms with E-state index in [9.17, 15) is 9.59 Å². The summed E-state index contributed by atoms with van der Waals surface area (Å²) in [7, 11) is -2.14. The zero-order chi connectivity index (χ0) is 22.1. The third-order valence-corrected chi connectivity index (χ3v) is 10.2. The first-order valence-electron chi connectivity index (χ1n) is 10.2. The van der Waals surface area contributed by atoms with E-state index in [2.05, 4.69) is 33.9 Å². The van der Waals surface area contributed by atoms with Crippen molar-refractivity contribution in [1.29, 1.82) is 0 Å². The molecule has 0 spiro atoms. The molecule has 0 bridgehead atoms. The summed E-state index contributed by atoms with van der Waals surface area (Å²) in [6.07, 6.45) is 0.576. The first kappa shape index (κ1) is 25.1. The fraction of sp³-hybridized carbons (Fsp3) is 0.905. The molecule has 1 rings (SSSR count). The van der Waals surface area contributed by atoms with Crippen LogP contribution in [0.3, 0.4) is 0 Å². The van der Waals surface area contributed by atoms with E-state index in [4.69, 9.17) is 13.9 Å². The first-order valence-corrected chi connectivity index (χ1v) is 13.1. The van der Waals surface area contributed by atoms with Gasteiger partial charge in [0.05, 0.1) is 18.8 Å². The Bertz CT molecular complexity index is 562. The van der Waals surface area contributed by atoms with Crippen LogP contribution in [0.1, 0.15) is 68.7 Å². The lowest BCUT2D eigenvalue weighted by Crippen LogP contribution is -2.58. The molecule has 0 aromatic heterocycles. The molecule has 0 aromatic rings. The van der Waals surface area contributed by atoms with E-state index >= 15 is 0 Å². The summed E-state index contributed by atoms with van der Waals surface area (Å²) in [5.41, 5.74) is -1.41. The smallest absolute Gasteiger partial charge is 0.412 e. The van der Waals surface area contributed by atoms with Gasteiger partial charge in [-0.1, -0.05) is 27.7 Å². The standard InChI is InChI=1S/C21H41NO5Si/c1-15(12-13-23)17(27-28(10,11)20(5,6)7)16-14-25-21(8,9)22(16)18(24)26-19(2,3)4/h13,15-17H,12,14H2,1-11H3/t15-,16-,17+/m1/s1. The van der Waals surface area contributed by atoms with Gasteiger partial charge in [0.15, 0.2) is 8.32 Å². The molecule has 1 saturated heterocycles. The zero-order valence-corrected chi connectivity index (χ0v) is 20.7. The van der Waals surface area contributed by atoms with Crippen molar-refractivity contribution in [1.82, 2.24) is 4.90 Å². The van der Waals surface area contributed by atoms with Crippen LogP contribution >= 0.6 is 0 Å². The molecule has 1 fully saturated rings. The summed E-state index contributed by atoms with van der Waals surface area (Å²) in [6.45, 7) is 22.6. The molecule has 0 radical (unpaired) electrons. The van der Waals surface area contributed by atoms with Crippen molar-refractivity contribution in [3.63, 3.8) is 0 Å². The van der Waals surface area contributed by atoms with Crippen molar-refractivity contribution in [2.24, 2.45) is 5.92 Å². The van der Waals surface area contributed by atoms with Crippen LogP contribution in [0.4, 0.5) is 4.79 Å². The van der Waals surface area contributed by atoms with Gasteiger partial charge in [0.25, 0.3) is 0 Å². The molecule has 7 heteroatoms. The second-order valence-electron chi connectivity index (χ2n) is 10.9. The topological polar surface area (TPSA) is 65.1 Å². The highest BCUT2D eigenvalue weighted by molar-refractivity contribution is 6.74. The SMILES string of the molecule is C[C@H](CC=O)[C@H](O[Si](C)(C)C(C)(C)C)[C@H]1COC(C)(C)N1C(=O)OC(C)(C)C. The maximum Gasteiger partial charge on any atom is 0.412 e. The van der Waals surface area contributed by atoms with Crippen LogP contribution in [0.2, 0.25) is 18.1 Å². The van der Waals surface area contributed by atoms with Gasteiger partial charge < -0.3 is 18.7 Å². The number of hydrogen-bond acceptors (Lipinski definition) is 5. The molecule has 1 aliphatic rings. The van der Waals surface area contributed by atoms with Crippen LogP contribution in [-0.4, -0.2) is 55.7 Å². The van der Waals surface area contributed by atoms with E-state index in [1.165, 1.54) is 0 Å². The second-order valence-corrected chi connectivity index (χ2v) is 15.7. The summed E-state index contributed by atoms with van der Waals surface area (Å²) in [4.78, 5) is 26.0. The zero-order valence-electron chi connectivity index (χ0n) is 19.7. The normalized spacial score (nSPS) is 22.7. The van der Waals surface area contributed by atoms with Gasteiger partial charge in [-0.2, -0.15) is 0 Å². The minimum absolute atomic E-state index is 0.0118.